The van der Waals surface area contributed by atoms with Crippen LogP contribution in [0.4, 0.5) is 11.4 Å². The van der Waals surface area contributed by atoms with Gasteiger partial charge in [0, 0.05) is 24.5 Å². The Balaban J connectivity index is 1.64. The van der Waals surface area contributed by atoms with Crippen LogP contribution in [-0.4, -0.2) is 38.3 Å². The number of sulfonamides is 1. The van der Waals surface area contributed by atoms with E-state index in [-0.39, 0.29) is 17.3 Å². The Morgan fingerprint density at radius 1 is 1.04 bits per heavy atom. The molecule has 6 nitrogen and oxygen atoms in total. The normalized spacial score (nSPS) is 15.2. The fraction of sp³-hybridized carbons (Fsp3) is 0.381. The first-order valence-corrected chi connectivity index (χ1v) is 11.0. The van der Waals surface area contributed by atoms with Crippen molar-refractivity contribution in [2.75, 3.05) is 30.3 Å². The number of nitrogens with one attached hydrogen (secondary N) is 2. The van der Waals surface area contributed by atoms with Crippen LogP contribution in [0.3, 0.4) is 0 Å². The van der Waals surface area contributed by atoms with Gasteiger partial charge in [-0.2, -0.15) is 4.31 Å². The van der Waals surface area contributed by atoms with Gasteiger partial charge in [0.25, 0.3) is 0 Å². The van der Waals surface area contributed by atoms with Gasteiger partial charge in [-0.1, -0.05) is 24.6 Å². The number of anilines is 2. The van der Waals surface area contributed by atoms with E-state index in [2.05, 4.69) is 10.6 Å². The quantitative estimate of drug-likeness (QED) is 0.776. The van der Waals surface area contributed by atoms with Gasteiger partial charge < -0.3 is 10.6 Å². The Hall–Kier alpha value is -2.38. The molecule has 0 aromatic heterocycles. The number of piperidine rings is 1. The molecule has 1 aliphatic rings. The summed E-state index contributed by atoms with van der Waals surface area (Å²) in [7, 11) is -3.49. The summed E-state index contributed by atoms with van der Waals surface area (Å²) in [5.74, 6) is -0.182. The number of carbonyl (C=O) groups is 1. The van der Waals surface area contributed by atoms with Gasteiger partial charge in [0.05, 0.1) is 11.4 Å². The van der Waals surface area contributed by atoms with E-state index in [9.17, 15) is 13.2 Å². The van der Waals surface area contributed by atoms with Gasteiger partial charge in [-0.25, -0.2) is 8.42 Å². The van der Waals surface area contributed by atoms with Crippen molar-refractivity contribution in [3.63, 3.8) is 0 Å². The molecule has 0 atom stereocenters. The van der Waals surface area contributed by atoms with E-state index in [1.807, 2.05) is 32.0 Å². The second kappa shape index (κ2) is 8.75. The Bertz CT molecular complexity index is 951. The number of aryl methyl sites for hydroxylation is 1. The lowest BCUT2D eigenvalue weighted by Crippen LogP contribution is -2.35. The summed E-state index contributed by atoms with van der Waals surface area (Å²) < 4.78 is 27.2. The zero-order valence-corrected chi connectivity index (χ0v) is 17.2. The molecule has 2 N–H and O–H groups in total. The number of carbonyl (C=O) groups excluding carboxylic acids is 1. The summed E-state index contributed by atoms with van der Waals surface area (Å²) in [5.41, 5.74) is 3.54. The smallest absolute Gasteiger partial charge is 0.243 e. The van der Waals surface area contributed by atoms with Crippen molar-refractivity contribution >= 4 is 27.3 Å². The Labute approximate surface area is 167 Å². The average Bonchev–Trinajstić information content (AvgIpc) is 2.71. The number of benzene rings is 2. The van der Waals surface area contributed by atoms with Gasteiger partial charge in [-0.05, 0) is 62.1 Å². The molecule has 2 aromatic carbocycles. The maximum absolute atomic E-state index is 12.8. The lowest BCUT2D eigenvalue weighted by Gasteiger charge is -2.26. The molecule has 1 heterocycles. The lowest BCUT2D eigenvalue weighted by molar-refractivity contribution is -0.114. The van der Waals surface area contributed by atoms with Crippen LogP contribution in [0.1, 0.15) is 30.4 Å². The molecule has 1 fully saturated rings. The maximum Gasteiger partial charge on any atom is 0.243 e. The summed E-state index contributed by atoms with van der Waals surface area (Å²) in [4.78, 5) is 12.5. The van der Waals surface area contributed by atoms with Gasteiger partial charge in [-0.15, -0.1) is 0 Å². The predicted octanol–water partition coefficient (Wildman–Crippen LogP) is 3.53. The number of hydrogen-bond donors (Lipinski definition) is 2. The monoisotopic (exact) mass is 401 g/mol. The van der Waals surface area contributed by atoms with Gasteiger partial charge in [-0.3, -0.25) is 4.79 Å². The van der Waals surface area contributed by atoms with Crippen LogP contribution in [0, 0.1) is 13.8 Å². The molecule has 28 heavy (non-hydrogen) atoms. The van der Waals surface area contributed by atoms with E-state index >= 15 is 0 Å². The number of rotatable bonds is 6. The van der Waals surface area contributed by atoms with E-state index in [1.54, 1.807) is 28.6 Å². The highest BCUT2D eigenvalue weighted by atomic mass is 32.2. The van der Waals surface area contributed by atoms with Crippen LogP contribution in [-0.2, 0) is 14.8 Å². The molecule has 0 spiro atoms. The fourth-order valence-corrected chi connectivity index (χ4v) is 4.85. The molecule has 7 heteroatoms. The van der Waals surface area contributed by atoms with E-state index in [0.29, 0.717) is 18.8 Å². The summed E-state index contributed by atoms with van der Waals surface area (Å²) in [5, 5.41) is 5.91. The molecule has 3 rings (SSSR count). The molecule has 1 saturated heterocycles. The number of hydrogen-bond acceptors (Lipinski definition) is 4. The first-order valence-electron chi connectivity index (χ1n) is 9.58. The zero-order valence-electron chi connectivity index (χ0n) is 16.4. The van der Waals surface area contributed by atoms with Crippen LogP contribution >= 0.6 is 0 Å². The fourth-order valence-electron chi connectivity index (χ4n) is 3.28. The van der Waals surface area contributed by atoms with Crippen molar-refractivity contribution in [1.29, 1.82) is 0 Å². The van der Waals surface area contributed by atoms with Gasteiger partial charge in [0.15, 0.2) is 0 Å². The second-order valence-corrected chi connectivity index (χ2v) is 9.08. The highest BCUT2D eigenvalue weighted by Gasteiger charge is 2.25. The van der Waals surface area contributed by atoms with Crippen LogP contribution < -0.4 is 10.6 Å². The summed E-state index contributed by atoms with van der Waals surface area (Å²) >= 11 is 0. The van der Waals surface area contributed by atoms with Crippen molar-refractivity contribution in [1.82, 2.24) is 4.31 Å². The molecule has 1 amide bonds. The molecular weight excluding hydrogens is 374 g/mol. The minimum Gasteiger partial charge on any atom is -0.376 e. The molecule has 0 saturated carbocycles. The van der Waals surface area contributed by atoms with Gasteiger partial charge in [0.2, 0.25) is 15.9 Å². The summed E-state index contributed by atoms with van der Waals surface area (Å²) in [6.45, 7) is 5.15. The third-order valence-corrected chi connectivity index (χ3v) is 7.01. The zero-order chi connectivity index (χ0) is 20.1. The molecule has 0 aliphatic carbocycles. The third kappa shape index (κ3) is 4.72. The highest BCUT2D eigenvalue weighted by Crippen LogP contribution is 2.23. The van der Waals surface area contributed by atoms with Gasteiger partial charge in [0.1, 0.15) is 0 Å². The summed E-state index contributed by atoms with van der Waals surface area (Å²) in [6, 6.07) is 12.4. The first-order chi connectivity index (χ1) is 13.4. The van der Waals surface area contributed by atoms with Gasteiger partial charge >= 0.3 is 0 Å². The highest BCUT2D eigenvalue weighted by molar-refractivity contribution is 7.89. The van der Waals surface area contributed by atoms with Crippen LogP contribution in [0.5, 0.6) is 0 Å². The van der Waals surface area contributed by atoms with Crippen molar-refractivity contribution < 1.29 is 13.2 Å². The topological polar surface area (TPSA) is 78.5 Å². The van der Waals surface area contributed by atoms with E-state index in [1.165, 1.54) is 0 Å². The van der Waals surface area contributed by atoms with E-state index in [0.717, 1.165) is 36.1 Å². The maximum atomic E-state index is 12.8. The predicted molar refractivity (Wildman–Crippen MR) is 112 cm³/mol. The second-order valence-electron chi connectivity index (χ2n) is 7.14. The van der Waals surface area contributed by atoms with Crippen molar-refractivity contribution in [3.05, 3.63) is 53.6 Å². The molecule has 0 unspecified atom stereocenters. The van der Waals surface area contributed by atoms with Crippen LogP contribution in [0.15, 0.2) is 47.4 Å². The lowest BCUT2D eigenvalue weighted by atomic mass is 10.1. The molecule has 2 aromatic rings. The van der Waals surface area contributed by atoms with E-state index in [4.69, 9.17) is 0 Å². The standard InChI is InChI=1S/C21H27N3O3S/c1-16-8-6-11-20(17(16)2)23-21(25)15-22-18-9-7-10-19(14-18)28(26,27)24-12-4-3-5-13-24/h6-11,14,22H,3-5,12-13,15H2,1-2H3,(H,23,25). The molecular formula is C21H27N3O3S. The largest absolute Gasteiger partial charge is 0.376 e. The Morgan fingerprint density at radius 2 is 1.75 bits per heavy atom. The van der Waals surface area contributed by atoms with Crippen LogP contribution in [0.25, 0.3) is 0 Å². The summed E-state index contributed by atoms with van der Waals surface area (Å²) in [6.07, 6.45) is 2.87. The molecule has 1 aliphatic heterocycles. The van der Waals surface area contributed by atoms with Crippen molar-refractivity contribution in [3.8, 4) is 0 Å². The van der Waals surface area contributed by atoms with Crippen LogP contribution in [0.2, 0.25) is 0 Å². The number of nitrogens with zero attached hydrogens (tertiary/aromatic N) is 1. The Morgan fingerprint density at radius 3 is 2.50 bits per heavy atom. The SMILES string of the molecule is Cc1cccc(NC(=O)CNc2cccc(S(=O)(=O)N3CCCCC3)c2)c1C. The van der Waals surface area contributed by atoms with Crippen molar-refractivity contribution in [2.24, 2.45) is 0 Å². The number of amides is 1. The van der Waals surface area contributed by atoms with E-state index < -0.39 is 10.0 Å². The molecule has 0 radical (unpaired) electrons. The minimum absolute atomic E-state index is 0.0561. The first kappa shape index (κ1) is 20.4. The Kier molecular flexibility index (Phi) is 6.36. The van der Waals surface area contributed by atoms with Crippen molar-refractivity contribution in [2.45, 2.75) is 38.0 Å². The average molecular weight is 402 g/mol. The third-order valence-electron chi connectivity index (χ3n) is 5.12. The minimum atomic E-state index is -3.49. The molecule has 150 valence electrons. The molecule has 0 bridgehead atoms.